The zero-order chi connectivity index (χ0) is 24.2. The minimum Gasteiger partial charge on any atom is -0.465 e. The van der Waals surface area contributed by atoms with Crippen LogP contribution in [0.3, 0.4) is 0 Å². The minimum absolute atomic E-state index is 0.0920. The summed E-state index contributed by atoms with van der Waals surface area (Å²) >= 11 is 3.48. The summed E-state index contributed by atoms with van der Waals surface area (Å²) in [6.45, 7) is 5.17. The summed E-state index contributed by atoms with van der Waals surface area (Å²) in [5.74, 6) is 0.232. The Hall–Kier alpha value is -0.0500. The lowest BCUT2D eigenvalue weighted by Gasteiger charge is -2.16. The van der Waals surface area contributed by atoms with E-state index in [2.05, 4.69) is 29.8 Å². The van der Waals surface area contributed by atoms with Crippen molar-refractivity contribution in [2.45, 2.75) is 168 Å². The van der Waals surface area contributed by atoms with Crippen molar-refractivity contribution in [2.24, 2.45) is 5.92 Å². The van der Waals surface area contributed by atoms with E-state index in [4.69, 9.17) is 4.74 Å². The third kappa shape index (κ3) is 24.9. The van der Waals surface area contributed by atoms with Crippen LogP contribution in [0.15, 0.2) is 0 Å². The first-order valence-corrected chi connectivity index (χ1v) is 16.1. The molecule has 33 heavy (non-hydrogen) atoms. The average Bonchev–Trinajstić information content (AvgIpc) is 2.82. The molecule has 0 aromatic carbocycles. The number of carbonyl (C=O) groups excluding carboxylic acids is 1. The minimum atomic E-state index is 0.0920. The van der Waals surface area contributed by atoms with E-state index >= 15 is 0 Å². The number of unbranched alkanes of at least 4 members (excludes halogenated alkanes) is 19. The van der Waals surface area contributed by atoms with E-state index in [-0.39, 0.29) is 11.9 Å². The van der Waals surface area contributed by atoms with Crippen LogP contribution in [0.4, 0.5) is 0 Å². The van der Waals surface area contributed by atoms with Crippen molar-refractivity contribution in [2.75, 3.05) is 11.9 Å². The van der Waals surface area contributed by atoms with Crippen molar-refractivity contribution in [1.82, 2.24) is 0 Å². The van der Waals surface area contributed by atoms with E-state index in [1.165, 1.54) is 135 Å². The number of ether oxygens (including phenoxy) is 1. The number of alkyl halides is 1. The summed E-state index contributed by atoms with van der Waals surface area (Å²) < 4.78 is 5.70. The molecular formula is C30H59BrO2. The summed E-state index contributed by atoms with van der Waals surface area (Å²) in [5, 5.41) is 1.08. The molecule has 0 aliphatic rings. The molecule has 0 fully saturated rings. The van der Waals surface area contributed by atoms with Gasteiger partial charge in [-0.2, -0.15) is 0 Å². The average molecular weight is 532 g/mol. The van der Waals surface area contributed by atoms with Gasteiger partial charge in [-0.25, -0.2) is 0 Å². The highest BCUT2D eigenvalue weighted by Crippen LogP contribution is 2.21. The first-order valence-electron chi connectivity index (χ1n) is 15.0. The quantitative estimate of drug-likeness (QED) is 0.0598. The maximum Gasteiger partial charge on any atom is 0.308 e. The smallest absolute Gasteiger partial charge is 0.308 e. The molecule has 0 heterocycles. The number of hydrogen-bond donors (Lipinski definition) is 0. The van der Waals surface area contributed by atoms with Gasteiger partial charge in [0.15, 0.2) is 0 Å². The van der Waals surface area contributed by atoms with Crippen LogP contribution in [-0.4, -0.2) is 17.9 Å². The zero-order valence-corrected chi connectivity index (χ0v) is 24.2. The van der Waals surface area contributed by atoms with Crippen LogP contribution in [-0.2, 0) is 9.53 Å². The van der Waals surface area contributed by atoms with Gasteiger partial charge >= 0.3 is 5.97 Å². The molecule has 3 heteroatoms. The summed E-state index contributed by atoms with van der Waals surface area (Å²) in [7, 11) is 0. The molecule has 1 unspecified atom stereocenters. The molecule has 0 N–H and O–H groups in total. The lowest BCUT2D eigenvalue weighted by Crippen LogP contribution is -2.18. The molecule has 1 atom stereocenters. The topological polar surface area (TPSA) is 26.3 Å². The molecule has 0 rings (SSSR count). The van der Waals surface area contributed by atoms with Crippen molar-refractivity contribution in [3.8, 4) is 0 Å². The largest absolute Gasteiger partial charge is 0.465 e. The van der Waals surface area contributed by atoms with Crippen LogP contribution in [0.2, 0.25) is 0 Å². The van der Waals surface area contributed by atoms with E-state index in [0.717, 1.165) is 24.6 Å². The zero-order valence-electron chi connectivity index (χ0n) is 22.7. The molecule has 0 spiro atoms. The van der Waals surface area contributed by atoms with Crippen LogP contribution in [0.5, 0.6) is 0 Å². The molecule has 0 radical (unpaired) electrons. The van der Waals surface area contributed by atoms with Crippen LogP contribution in [0.1, 0.15) is 168 Å². The molecule has 0 aromatic rings. The second-order valence-electron chi connectivity index (χ2n) is 10.2. The standard InChI is InChI=1S/C30H59BrO2/c1-3-5-7-9-11-13-14-16-18-22-26-29(25-21-17-15-12-10-8-6-4-2)30(32)33-28-24-20-19-23-27-31/h29H,3-28H2,1-2H3. The monoisotopic (exact) mass is 530 g/mol. The van der Waals surface area contributed by atoms with E-state index in [1.807, 2.05) is 0 Å². The molecule has 0 bridgehead atoms. The van der Waals surface area contributed by atoms with Gasteiger partial charge in [0, 0.05) is 5.33 Å². The summed E-state index contributed by atoms with van der Waals surface area (Å²) in [6, 6.07) is 0. The highest BCUT2D eigenvalue weighted by atomic mass is 79.9. The lowest BCUT2D eigenvalue weighted by molar-refractivity contribution is -0.149. The summed E-state index contributed by atoms with van der Waals surface area (Å²) in [4.78, 5) is 12.7. The van der Waals surface area contributed by atoms with Gasteiger partial charge in [-0.3, -0.25) is 4.79 Å². The second kappa shape index (κ2) is 28.2. The van der Waals surface area contributed by atoms with Crippen molar-refractivity contribution >= 4 is 21.9 Å². The summed E-state index contributed by atoms with van der Waals surface area (Å²) in [6.07, 6.45) is 30.9. The predicted molar refractivity (Wildman–Crippen MR) is 150 cm³/mol. The fourth-order valence-corrected chi connectivity index (χ4v) is 5.02. The van der Waals surface area contributed by atoms with E-state index in [9.17, 15) is 4.79 Å². The predicted octanol–water partition coefficient (Wildman–Crippen LogP) is 10.9. The number of halogens is 1. The number of carbonyl (C=O) groups is 1. The van der Waals surface area contributed by atoms with E-state index in [0.29, 0.717) is 6.61 Å². The Morgan fingerprint density at radius 1 is 0.545 bits per heavy atom. The van der Waals surface area contributed by atoms with Gasteiger partial charge in [0.25, 0.3) is 0 Å². The van der Waals surface area contributed by atoms with Crippen LogP contribution < -0.4 is 0 Å². The number of rotatable bonds is 27. The molecule has 198 valence electrons. The van der Waals surface area contributed by atoms with Gasteiger partial charge < -0.3 is 4.74 Å². The second-order valence-corrected chi connectivity index (χ2v) is 11.0. The Morgan fingerprint density at radius 3 is 1.33 bits per heavy atom. The number of hydrogen-bond acceptors (Lipinski definition) is 2. The van der Waals surface area contributed by atoms with Gasteiger partial charge in [-0.1, -0.05) is 158 Å². The molecule has 0 aliphatic heterocycles. The van der Waals surface area contributed by atoms with Crippen LogP contribution in [0.25, 0.3) is 0 Å². The van der Waals surface area contributed by atoms with E-state index in [1.54, 1.807) is 0 Å². The highest BCUT2D eigenvalue weighted by Gasteiger charge is 2.19. The molecule has 0 amide bonds. The van der Waals surface area contributed by atoms with Crippen molar-refractivity contribution < 1.29 is 9.53 Å². The Bertz CT molecular complexity index is 385. The molecule has 2 nitrogen and oxygen atoms in total. The SMILES string of the molecule is CCCCCCCCCCCCC(CCCCCCCCCC)C(=O)OCCCCCCBr. The fourth-order valence-electron chi connectivity index (χ4n) is 4.62. The van der Waals surface area contributed by atoms with Crippen LogP contribution in [0, 0.1) is 5.92 Å². The normalized spacial score (nSPS) is 12.2. The molecule has 0 saturated heterocycles. The third-order valence-electron chi connectivity index (χ3n) is 6.92. The third-order valence-corrected chi connectivity index (χ3v) is 7.48. The Balaban J connectivity index is 4.01. The highest BCUT2D eigenvalue weighted by molar-refractivity contribution is 9.09. The fraction of sp³-hybridized carbons (Fsp3) is 0.967. The van der Waals surface area contributed by atoms with Gasteiger partial charge in [-0.05, 0) is 25.7 Å². The van der Waals surface area contributed by atoms with Crippen molar-refractivity contribution in [3.05, 3.63) is 0 Å². The lowest BCUT2D eigenvalue weighted by atomic mass is 9.94. The Kier molecular flexibility index (Phi) is 28.1. The Morgan fingerprint density at radius 2 is 0.909 bits per heavy atom. The van der Waals surface area contributed by atoms with Gasteiger partial charge in [0.2, 0.25) is 0 Å². The first kappa shape index (κ1) is 33.0. The van der Waals surface area contributed by atoms with E-state index < -0.39 is 0 Å². The summed E-state index contributed by atoms with van der Waals surface area (Å²) in [5.41, 5.74) is 0. The van der Waals surface area contributed by atoms with Gasteiger partial charge in [0.1, 0.15) is 0 Å². The maximum atomic E-state index is 12.7. The van der Waals surface area contributed by atoms with Gasteiger partial charge in [-0.15, -0.1) is 0 Å². The Labute approximate surface area is 216 Å². The van der Waals surface area contributed by atoms with Crippen molar-refractivity contribution in [3.63, 3.8) is 0 Å². The molecular weight excluding hydrogens is 472 g/mol. The van der Waals surface area contributed by atoms with Crippen molar-refractivity contribution in [1.29, 1.82) is 0 Å². The molecule has 0 aliphatic carbocycles. The van der Waals surface area contributed by atoms with Crippen LogP contribution >= 0.6 is 15.9 Å². The number of esters is 1. The molecule has 0 saturated carbocycles. The van der Waals surface area contributed by atoms with Gasteiger partial charge in [0.05, 0.1) is 12.5 Å². The first-order chi connectivity index (χ1) is 16.3. The molecule has 0 aromatic heterocycles. The maximum absolute atomic E-state index is 12.7.